The molecule has 1 aromatic carbocycles. The maximum Gasteiger partial charge on any atom is 0.306 e. The zero-order chi connectivity index (χ0) is 21.7. The molecule has 0 heterocycles. The standard InChI is InChI=1S/C22H32FNO3.C2H6/c1-17(2)27-20(25)12-15-22(13-4-3-5-14-22)21(26)24-16-6-7-18-8-10-19(23)11-9-18;1-2/h8-11,17H,3-7,12-16H2,1-2H3,(H,24,26);1-2H3. The molecule has 5 heteroatoms. The fraction of sp³-hybridized carbons (Fsp3) is 0.667. The molecular formula is C24H38FNO3. The Morgan fingerprint density at radius 2 is 1.72 bits per heavy atom. The largest absolute Gasteiger partial charge is 0.463 e. The molecule has 2 rings (SSSR count). The molecule has 0 spiro atoms. The molecule has 0 saturated heterocycles. The van der Waals surface area contributed by atoms with Crippen LogP contribution in [0.2, 0.25) is 0 Å². The van der Waals surface area contributed by atoms with Gasteiger partial charge in [0.05, 0.1) is 6.10 Å². The lowest BCUT2D eigenvalue weighted by atomic mass is 9.70. The Balaban J connectivity index is 0.00000204. The van der Waals surface area contributed by atoms with Gasteiger partial charge in [0.2, 0.25) is 5.91 Å². The lowest BCUT2D eigenvalue weighted by molar-refractivity contribution is -0.148. The Bertz CT molecular complexity index is 607. The molecule has 0 aromatic heterocycles. The molecule has 1 amide bonds. The van der Waals surface area contributed by atoms with Crippen LogP contribution in [0.25, 0.3) is 0 Å². The van der Waals surface area contributed by atoms with Crippen molar-refractivity contribution >= 4 is 11.9 Å². The first kappa shape index (κ1) is 25.1. The molecule has 1 aliphatic rings. The normalized spacial score (nSPS) is 15.2. The maximum atomic E-state index is 12.9. The highest BCUT2D eigenvalue weighted by Gasteiger charge is 2.39. The summed E-state index contributed by atoms with van der Waals surface area (Å²) >= 11 is 0. The van der Waals surface area contributed by atoms with E-state index in [4.69, 9.17) is 4.74 Å². The zero-order valence-corrected chi connectivity index (χ0v) is 18.6. The van der Waals surface area contributed by atoms with Gasteiger partial charge in [-0.1, -0.05) is 45.2 Å². The minimum Gasteiger partial charge on any atom is -0.463 e. The van der Waals surface area contributed by atoms with Crippen molar-refractivity contribution in [2.45, 2.75) is 91.6 Å². The lowest BCUT2D eigenvalue weighted by Gasteiger charge is -2.35. The molecule has 1 fully saturated rings. The highest BCUT2D eigenvalue weighted by molar-refractivity contribution is 5.83. The molecular weight excluding hydrogens is 369 g/mol. The molecule has 1 N–H and O–H groups in total. The van der Waals surface area contributed by atoms with E-state index in [0.717, 1.165) is 50.5 Å². The number of ether oxygens (including phenoxy) is 1. The number of carbonyl (C=O) groups excluding carboxylic acids is 2. The van der Waals surface area contributed by atoms with E-state index in [9.17, 15) is 14.0 Å². The highest BCUT2D eigenvalue weighted by atomic mass is 19.1. The number of rotatable bonds is 9. The molecule has 0 bridgehead atoms. The van der Waals surface area contributed by atoms with Crippen molar-refractivity contribution in [3.8, 4) is 0 Å². The molecule has 1 saturated carbocycles. The van der Waals surface area contributed by atoms with Gasteiger partial charge in [0.25, 0.3) is 0 Å². The van der Waals surface area contributed by atoms with Gasteiger partial charge in [-0.25, -0.2) is 4.39 Å². The van der Waals surface area contributed by atoms with Crippen molar-refractivity contribution in [2.24, 2.45) is 5.41 Å². The average Bonchev–Trinajstić information content (AvgIpc) is 2.72. The number of esters is 1. The van der Waals surface area contributed by atoms with E-state index in [-0.39, 0.29) is 23.8 Å². The van der Waals surface area contributed by atoms with Gasteiger partial charge >= 0.3 is 5.97 Å². The van der Waals surface area contributed by atoms with Gasteiger partial charge in [0.1, 0.15) is 5.82 Å². The monoisotopic (exact) mass is 407 g/mol. The quantitative estimate of drug-likeness (QED) is 0.429. The number of aryl methyl sites for hydroxylation is 1. The van der Waals surface area contributed by atoms with Gasteiger partial charge in [-0.15, -0.1) is 0 Å². The molecule has 0 aliphatic heterocycles. The minimum atomic E-state index is -0.440. The maximum absolute atomic E-state index is 12.9. The van der Waals surface area contributed by atoms with E-state index in [1.807, 2.05) is 27.7 Å². The fourth-order valence-electron chi connectivity index (χ4n) is 3.82. The number of halogens is 1. The van der Waals surface area contributed by atoms with Crippen LogP contribution in [0.15, 0.2) is 24.3 Å². The summed E-state index contributed by atoms with van der Waals surface area (Å²) in [7, 11) is 0. The van der Waals surface area contributed by atoms with E-state index in [1.54, 1.807) is 12.1 Å². The SMILES string of the molecule is CC.CC(C)OC(=O)CCC1(C(=O)NCCCc2ccc(F)cc2)CCCCC1. The number of benzene rings is 1. The lowest BCUT2D eigenvalue weighted by Crippen LogP contribution is -2.43. The van der Waals surface area contributed by atoms with E-state index >= 15 is 0 Å². The van der Waals surface area contributed by atoms with Crippen LogP contribution >= 0.6 is 0 Å². The molecule has 4 nitrogen and oxygen atoms in total. The first-order chi connectivity index (χ1) is 13.9. The number of hydrogen-bond acceptors (Lipinski definition) is 3. The van der Waals surface area contributed by atoms with Gasteiger partial charge in [-0.2, -0.15) is 0 Å². The number of nitrogens with one attached hydrogen (secondary N) is 1. The van der Waals surface area contributed by atoms with Crippen LogP contribution in [-0.4, -0.2) is 24.5 Å². The molecule has 0 radical (unpaired) electrons. The van der Waals surface area contributed by atoms with Crippen molar-refractivity contribution in [1.82, 2.24) is 5.32 Å². The smallest absolute Gasteiger partial charge is 0.306 e. The molecule has 1 aliphatic carbocycles. The van der Waals surface area contributed by atoms with Crippen molar-refractivity contribution in [3.63, 3.8) is 0 Å². The number of hydrogen-bond donors (Lipinski definition) is 1. The summed E-state index contributed by atoms with van der Waals surface area (Å²) in [6.45, 7) is 8.26. The van der Waals surface area contributed by atoms with Gasteiger partial charge < -0.3 is 10.1 Å². The minimum absolute atomic E-state index is 0.0682. The van der Waals surface area contributed by atoms with E-state index < -0.39 is 5.41 Å². The Hall–Kier alpha value is -1.91. The summed E-state index contributed by atoms with van der Waals surface area (Å²) < 4.78 is 18.2. The Kier molecular flexibility index (Phi) is 11.6. The van der Waals surface area contributed by atoms with Crippen LogP contribution in [0.1, 0.15) is 84.6 Å². The Morgan fingerprint density at radius 3 is 2.31 bits per heavy atom. The number of carbonyl (C=O) groups is 2. The van der Waals surface area contributed by atoms with Crippen LogP contribution in [-0.2, 0) is 20.7 Å². The molecule has 0 unspecified atom stereocenters. The third-order valence-corrected chi connectivity index (χ3v) is 5.31. The van der Waals surface area contributed by atoms with Gasteiger partial charge in [0, 0.05) is 18.4 Å². The second kappa shape index (κ2) is 13.3. The highest BCUT2D eigenvalue weighted by Crippen LogP contribution is 2.40. The van der Waals surface area contributed by atoms with Crippen LogP contribution in [0.4, 0.5) is 4.39 Å². The van der Waals surface area contributed by atoms with Crippen LogP contribution < -0.4 is 5.32 Å². The third-order valence-electron chi connectivity index (χ3n) is 5.31. The molecule has 1 aromatic rings. The Labute approximate surface area is 175 Å². The average molecular weight is 408 g/mol. The summed E-state index contributed by atoms with van der Waals surface area (Å²) in [6.07, 6.45) is 7.22. The predicted molar refractivity (Wildman–Crippen MR) is 115 cm³/mol. The summed E-state index contributed by atoms with van der Waals surface area (Å²) in [5.74, 6) is -0.389. The summed E-state index contributed by atoms with van der Waals surface area (Å²) in [5.41, 5.74) is 0.624. The van der Waals surface area contributed by atoms with Crippen LogP contribution in [0.3, 0.4) is 0 Å². The van der Waals surface area contributed by atoms with E-state index in [0.29, 0.717) is 19.4 Å². The third kappa shape index (κ3) is 8.97. The molecule has 0 atom stereocenters. The first-order valence-corrected chi connectivity index (χ1v) is 11.1. The fourth-order valence-corrected chi connectivity index (χ4v) is 3.82. The zero-order valence-electron chi connectivity index (χ0n) is 18.6. The summed E-state index contributed by atoms with van der Waals surface area (Å²) in [6, 6.07) is 6.47. The second-order valence-corrected chi connectivity index (χ2v) is 7.87. The first-order valence-electron chi connectivity index (χ1n) is 11.1. The molecule has 29 heavy (non-hydrogen) atoms. The van der Waals surface area contributed by atoms with Gasteiger partial charge in [-0.3, -0.25) is 9.59 Å². The van der Waals surface area contributed by atoms with E-state index in [1.165, 1.54) is 12.1 Å². The van der Waals surface area contributed by atoms with Gasteiger partial charge in [-0.05, 0) is 63.6 Å². The predicted octanol–water partition coefficient (Wildman–Crippen LogP) is 5.58. The summed E-state index contributed by atoms with van der Waals surface area (Å²) in [4.78, 5) is 24.8. The van der Waals surface area contributed by atoms with Crippen molar-refractivity contribution in [1.29, 1.82) is 0 Å². The number of amides is 1. The molecule has 164 valence electrons. The van der Waals surface area contributed by atoms with Crippen LogP contribution in [0.5, 0.6) is 0 Å². The van der Waals surface area contributed by atoms with Crippen molar-refractivity contribution < 1.29 is 18.7 Å². The Morgan fingerprint density at radius 1 is 1.10 bits per heavy atom. The second-order valence-electron chi connectivity index (χ2n) is 7.87. The van der Waals surface area contributed by atoms with Crippen LogP contribution in [0, 0.1) is 11.2 Å². The topological polar surface area (TPSA) is 55.4 Å². The van der Waals surface area contributed by atoms with Crippen molar-refractivity contribution in [2.75, 3.05) is 6.54 Å². The van der Waals surface area contributed by atoms with Crippen molar-refractivity contribution in [3.05, 3.63) is 35.6 Å². The van der Waals surface area contributed by atoms with E-state index in [2.05, 4.69) is 5.32 Å². The van der Waals surface area contributed by atoms with Gasteiger partial charge in [0.15, 0.2) is 0 Å². The summed E-state index contributed by atoms with van der Waals surface area (Å²) in [5, 5.41) is 3.07.